The van der Waals surface area contributed by atoms with Gasteiger partial charge in [0.25, 0.3) is 11.6 Å². The SMILES string of the molecule is C[NH+](C)CCN(C(=O)c1cccc([N+](=O)[O-])c1)c1nc2ccccc2s1. The van der Waals surface area contributed by atoms with Crippen LogP contribution >= 0.6 is 11.3 Å². The van der Waals surface area contributed by atoms with E-state index < -0.39 is 4.92 Å². The quantitative estimate of drug-likeness (QED) is 0.531. The van der Waals surface area contributed by atoms with Gasteiger partial charge in [0.2, 0.25) is 0 Å². The monoisotopic (exact) mass is 371 g/mol. The van der Waals surface area contributed by atoms with E-state index >= 15 is 0 Å². The van der Waals surface area contributed by atoms with Crippen molar-refractivity contribution in [3.05, 3.63) is 64.2 Å². The first-order chi connectivity index (χ1) is 12.5. The molecule has 0 aliphatic carbocycles. The summed E-state index contributed by atoms with van der Waals surface area (Å²) in [4.78, 5) is 31.0. The molecule has 0 radical (unpaired) electrons. The number of anilines is 1. The molecule has 26 heavy (non-hydrogen) atoms. The van der Waals surface area contributed by atoms with Crippen molar-refractivity contribution in [3.63, 3.8) is 0 Å². The van der Waals surface area contributed by atoms with E-state index in [0.29, 0.717) is 11.7 Å². The third-order valence-corrected chi connectivity index (χ3v) is 4.96. The number of thiazole rings is 1. The van der Waals surface area contributed by atoms with Crippen LogP contribution in [-0.4, -0.2) is 43.0 Å². The fourth-order valence-corrected chi connectivity index (χ4v) is 3.49. The van der Waals surface area contributed by atoms with Crippen LogP contribution in [0.1, 0.15) is 10.4 Å². The van der Waals surface area contributed by atoms with Crippen LogP contribution < -0.4 is 9.80 Å². The lowest BCUT2D eigenvalue weighted by molar-refractivity contribution is -0.856. The number of aromatic nitrogens is 1. The molecule has 1 N–H and O–H groups in total. The summed E-state index contributed by atoms with van der Waals surface area (Å²) in [7, 11) is 4.02. The van der Waals surface area contributed by atoms with Gasteiger partial charge in [0, 0.05) is 17.7 Å². The van der Waals surface area contributed by atoms with Crippen molar-refractivity contribution in [2.75, 3.05) is 32.1 Å². The molecule has 8 heteroatoms. The maximum absolute atomic E-state index is 13.1. The van der Waals surface area contributed by atoms with E-state index in [1.54, 1.807) is 11.0 Å². The first-order valence-corrected chi connectivity index (χ1v) is 8.98. The van der Waals surface area contributed by atoms with Crippen molar-refractivity contribution in [1.29, 1.82) is 0 Å². The van der Waals surface area contributed by atoms with E-state index in [0.717, 1.165) is 16.8 Å². The summed E-state index contributed by atoms with van der Waals surface area (Å²) in [5, 5.41) is 11.6. The molecule has 0 unspecified atom stereocenters. The van der Waals surface area contributed by atoms with Crippen LogP contribution in [0.2, 0.25) is 0 Å². The minimum Gasteiger partial charge on any atom is -0.338 e. The van der Waals surface area contributed by atoms with E-state index in [4.69, 9.17) is 0 Å². The van der Waals surface area contributed by atoms with Gasteiger partial charge in [-0.25, -0.2) is 4.98 Å². The highest BCUT2D eigenvalue weighted by Gasteiger charge is 2.23. The number of para-hydroxylation sites is 1. The molecular weight excluding hydrogens is 352 g/mol. The fourth-order valence-electron chi connectivity index (χ4n) is 2.50. The predicted octanol–water partition coefficient (Wildman–Crippen LogP) is 2.00. The van der Waals surface area contributed by atoms with Crippen LogP contribution in [0, 0.1) is 10.1 Å². The molecule has 1 aromatic heterocycles. The number of rotatable bonds is 6. The first-order valence-electron chi connectivity index (χ1n) is 8.16. The number of likely N-dealkylation sites (N-methyl/N-ethyl adjacent to an activating group) is 1. The molecule has 134 valence electrons. The van der Waals surface area contributed by atoms with Gasteiger partial charge in [0.05, 0.1) is 42.3 Å². The van der Waals surface area contributed by atoms with Gasteiger partial charge in [0.15, 0.2) is 5.13 Å². The Morgan fingerprint density at radius 3 is 2.69 bits per heavy atom. The number of hydrogen-bond donors (Lipinski definition) is 1. The van der Waals surface area contributed by atoms with Gasteiger partial charge < -0.3 is 4.90 Å². The number of nitro groups is 1. The smallest absolute Gasteiger partial charge is 0.270 e. The van der Waals surface area contributed by atoms with Crippen molar-refractivity contribution in [3.8, 4) is 0 Å². The lowest BCUT2D eigenvalue weighted by Gasteiger charge is -2.20. The molecule has 0 atom stereocenters. The largest absolute Gasteiger partial charge is 0.338 e. The highest BCUT2D eigenvalue weighted by atomic mass is 32.1. The Kier molecular flexibility index (Phi) is 5.24. The second kappa shape index (κ2) is 7.59. The molecule has 3 rings (SSSR count). The number of nitrogens with one attached hydrogen (secondary N) is 1. The fraction of sp³-hybridized carbons (Fsp3) is 0.222. The van der Waals surface area contributed by atoms with Crippen molar-refractivity contribution in [2.45, 2.75) is 0 Å². The summed E-state index contributed by atoms with van der Waals surface area (Å²) in [6.07, 6.45) is 0. The van der Waals surface area contributed by atoms with Gasteiger partial charge in [-0.1, -0.05) is 29.5 Å². The summed E-state index contributed by atoms with van der Waals surface area (Å²) < 4.78 is 0.997. The second-order valence-electron chi connectivity index (χ2n) is 6.19. The molecule has 7 nitrogen and oxygen atoms in total. The summed E-state index contributed by atoms with van der Waals surface area (Å²) in [5.74, 6) is -0.283. The standard InChI is InChI=1S/C18H18N4O3S/c1-20(2)10-11-21(18-19-15-8-3-4-9-16(15)26-18)17(23)13-6-5-7-14(12-13)22(24)25/h3-9,12H,10-11H2,1-2H3/p+1. The first kappa shape index (κ1) is 18.0. The third-order valence-electron chi connectivity index (χ3n) is 3.90. The second-order valence-corrected chi connectivity index (χ2v) is 7.19. The lowest BCUT2D eigenvalue weighted by atomic mass is 10.2. The number of non-ortho nitro benzene ring substituents is 1. The van der Waals surface area contributed by atoms with Gasteiger partial charge in [0.1, 0.15) is 0 Å². The number of carbonyl (C=O) groups excluding carboxylic acids is 1. The van der Waals surface area contributed by atoms with E-state index in [1.165, 1.54) is 34.4 Å². The number of nitro benzene ring substituents is 1. The molecule has 3 aromatic rings. The zero-order valence-corrected chi connectivity index (χ0v) is 15.3. The van der Waals surface area contributed by atoms with Crippen LogP contribution in [0.15, 0.2) is 48.5 Å². The summed E-state index contributed by atoms with van der Waals surface area (Å²) >= 11 is 1.44. The molecule has 0 saturated carbocycles. The summed E-state index contributed by atoms with van der Waals surface area (Å²) in [6, 6.07) is 13.5. The Bertz CT molecular complexity index is 921. The van der Waals surface area contributed by atoms with Crippen molar-refractivity contribution < 1.29 is 14.6 Å². The molecule has 0 spiro atoms. The number of carbonyl (C=O) groups is 1. The van der Waals surface area contributed by atoms with Crippen LogP contribution in [0.4, 0.5) is 10.8 Å². The van der Waals surface area contributed by atoms with Crippen LogP contribution in [0.5, 0.6) is 0 Å². The minimum atomic E-state index is -0.497. The lowest BCUT2D eigenvalue weighted by Crippen LogP contribution is -3.06. The molecular formula is C18H19N4O3S+. The highest BCUT2D eigenvalue weighted by Crippen LogP contribution is 2.29. The van der Waals surface area contributed by atoms with E-state index in [-0.39, 0.29) is 17.2 Å². The van der Waals surface area contributed by atoms with Crippen molar-refractivity contribution in [1.82, 2.24) is 4.98 Å². The number of quaternary nitrogens is 1. The molecule has 1 heterocycles. The van der Waals surface area contributed by atoms with Crippen LogP contribution in [0.3, 0.4) is 0 Å². The van der Waals surface area contributed by atoms with Gasteiger partial charge in [-0.3, -0.25) is 19.8 Å². The molecule has 0 saturated heterocycles. The van der Waals surface area contributed by atoms with Gasteiger partial charge in [-0.2, -0.15) is 0 Å². The Balaban J connectivity index is 1.98. The molecule has 0 fully saturated rings. The van der Waals surface area contributed by atoms with E-state index in [2.05, 4.69) is 4.98 Å². The average molecular weight is 371 g/mol. The number of nitrogens with zero attached hydrogens (tertiary/aromatic N) is 3. The highest BCUT2D eigenvalue weighted by molar-refractivity contribution is 7.22. The Morgan fingerprint density at radius 1 is 1.23 bits per heavy atom. The summed E-state index contributed by atoms with van der Waals surface area (Å²) in [5.41, 5.74) is 1.02. The molecule has 0 aliphatic heterocycles. The Morgan fingerprint density at radius 2 is 2.00 bits per heavy atom. The van der Waals surface area contributed by atoms with E-state index in [1.807, 2.05) is 38.4 Å². The maximum atomic E-state index is 13.1. The zero-order valence-electron chi connectivity index (χ0n) is 14.5. The number of benzene rings is 2. The molecule has 0 bridgehead atoms. The molecule has 0 aliphatic rings. The zero-order chi connectivity index (χ0) is 18.7. The number of amides is 1. The number of fused-ring (bicyclic) bond motifs is 1. The summed E-state index contributed by atoms with van der Waals surface area (Å²) in [6.45, 7) is 1.21. The molecule has 1 amide bonds. The van der Waals surface area contributed by atoms with Gasteiger partial charge in [-0.15, -0.1) is 0 Å². The van der Waals surface area contributed by atoms with Gasteiger partial charge in [-0.05, 0) is 18.2 Å². The number of hydrogen-bond acceptors (Lipinski definition) is 5. The van der Waals surface area contributed by atoms with Crippen LogP contribution in [-0.2, 0) is 0 Å². The topological polar surface area (TPSA) is 80.8 Å². The maximum Gasteiger partial charge on any atom is 0.270 e. The van der Waals surface area contributed by atoms with Gasteiger partial charge >= 0.3 is 0 Å². The Hall–Kier alpha value is -2.84. The predicted molar refractivity (Wildman–Crippen MR) is 102 cm³/mol. The third kappa shape index (κ3) is 3.87. The van der Waals surface area contributed by atoms with Crippen molar-refractivity contribution in [2.24, 2.45) is 0 Å². The van der Waals surface area contributed by atoms with Crippen LogP contribution in [0.25, 0.3) is 10.2 Å². The minimum absolute atomic E-state index is 0.0988. The molecule has 2 aromatic carbocycles. The normalized spacial score (nSPS) is 11.0. The Labute approximate surface area is 154 Å². The average Bonchev–Trinajstić information content (AvgIpc) is 3.05. The van der Waals surface area contributed by atoms with Crippen molar-refractivity contribution >= 4 is 38.3 Å². The van der Waals surface area contributed by atoms with E-state index in [9.17, 15) is 14.9 Å².